The average Bonchev–Trinajstić information content (AvgIpc) is 3.37. The van der Waals surface area contributed by atoms with Crippen molar-refractivity contribution < 1.29 is 4.74 Å². The van der Waals surface area contributed by atoms with Crippen LogP contribution in [0, 0.1) is 11.8 Å². The van der Waals surface area contributed by atoms with E-state index in [2.05, 4.69) is 22.7 Å². The minimum Gasteiger partial charge on any atom is -0.381 e. The molecule has 4 nitrogen and oxygen atoms in total. The fraction of sp³-hybridized carbons (Fsp3) is 0.824. The molecule has 0 unspecified atom stereocenters. The van der Waals surface area contributed by atoms with Crippen molar-refractivity contribution in [1.29, 1.82) is 0 Å². The summed E-state index contributed by atoms with van der Waals surface area (Å²) in [7, 11) is 0. The first-order valence-electron chi connectivity index (χ1n) is 8.68. The van der Waals surface area contributed by atoms with Gasteiger partial charge in [0, 0.05) is 50.5 Å². The van der Waals surface area contributed by atoms with Crippen molar-refractivity contribution in [2.45, 2.75) is 51.6 Å². The monoisotopic (exact) mass is 289 g/mol. The second-order valence-electron chi connectivity index (χ2n) is 7.19. The molecule has 0 aromatic carbocycles. The van der Waals surface area contributed by atoms with Crippen molar-refractivity contribution in [2.75, 3.05) is 26.3 Å². The third-order valence-corrected chi connectivity index (χ3v) is 5.04. The number of ether oxygens (including phenoxy) is 1. The quantitative estimate of drug-likeness (QED) is 0.773. The highest BCUT2D eigenvalue weighted by Gasteiger charge is 2.32. The Labute approximate surface area is 127 Å². The highest BCUT2D eigenvalue weighted by Crippen LogP contribution is 2.35. The van der Waals surface area contributed by atoms with E-state index < -0.39 is 0 Å². The Bertz CT molecular complexity index is 490. The first kappa shape index (κ1) is 13.8. The molecule has 0 bridgehead atoms. The lowest BCUT2D eigenvalue weighted by atomic mass is 9.95. The van der Waals surface area contributed by atoms with E-state index in [9.17, 15) is 0 Å². The Kier molecular flexibility index (Phi) is 3.76. The molecular weight excluding hydrogens is 262 g/mol. The SMILES string of the molecule is CCOC[C@@H]1CN(CC2CC2)Cc2nn(CC3CC3)cc21. The molecular formula is C17H27N3O. The summed E-state index contributed by atoms with van der Waals surface area (Å²) in [6.45, 7) is 8.33. The Hall–Kier alpha value is -0.870. The first-order chi connectivity index (χ1) is 10.3. The van der Waals surface area contributed by atoms with Gasteiger partial charge in [-0.3, -0.25) is 9.58 Å². The van der Waals surface area contributed by atoms with E-state index in [-0.39, 0.29) is 0 Å². The van der Waals surface area contributed by atoms with E-state index in [1.54, 1.807) is 0 Å². The van der Waals surface area contributed by atoms with Gasteiger partial charge in [0.25, 0.3) is 0 Å². The molecule has 3 aliphatic rings. The van der Waals surface area contributed by atoms with Crippen LogP contribution in [0.5, 0.6) is 0 Å². The largest absolute Gasteiger partial charge is 0.381 e. The topological polar surface area (TPSA) is 30.3 Å². The lowest BCUT2D eigenvalue weighted by Gasteiger charge is -2.31. The second kappa shape index (κ2) is 5.73. The third kappa shape index (κ3) is 3.32. The number of hydrogen-bond donors (Lipinski definition) is 0. The normalized spacial score (nSPS) is 26.0. The van der Waals surface area contributed by atoms with Crippen LogP contribution in [0.2, 0.25) is 0 Å². The number of nitrogens with zero attached hydrogens (tertiary/aromatic N) is 3. The molecule has 0 saturated heterocycles. The molecule has 1 aromatic heterocycles. The van der Waals surface area contributed by atoms with Gasteiger partial charge < -0.3 is 4.74 Å². The Balaban J connectivity index is 1.50. The maximum Gasteiger partial charge on any atom is 0.0800 e. The molecule has 4 rings (SSSR count). The standard InChI is InChI=1S/C17H27N3O/c1-2-21-12-15-9-19(7-13-3-4-13)11-17-16(15)10-20(18-17)8-14-5-6-14/h10,13-15H,2-9,11-12H2,1H3/t15-/m0/s1. The minimum absolute atomic E-state index is 0.514. The highest BCUT2D eigenvalue weighted by molar-refractivity contribution is 5.25. The molecule has 116 valence electrons. The smallest absolute Gasteiger partial charge is 0.0800 e. The first-order valence-corrected chi connectivity index (χ1v) is 8.68. The Morgan fingerprint density at radius 3 is 2.67 bits per heavy atom. The van der Waals surface area contributed by atoms with E-state index in [1.807, 2.05) is 0 Å². The van der Waals surface area contributed by atoms with Crippen LogP contribution in [0.15, 0.2) is 6.20 Å². The fourth-order valence-corrected chi connectivity index (χ4v) is 3.49. The van der Waals surface area contributed by atoms with Crippen molar-refractivity contribution in [3.63, 3.8) is 0 Å². The van der Waals surface area contributed by atoms with E-state index >= 15 is 0 Å². The summed E-state index contributed by atoms with van der Waals surface area (Å²) in [6, 6.07) is 0. The van der Waals surface area contributed by atoms with Crippen molar-refractivity contribution >= 4 is 0 Å². The van der Waals surface area contributed by atoms with Crippen LogP contribution in [0.3, 0.4) is 0 Å². The molecule has 2 fully saturated rings. The van der Waals surface area contributed by atoms with Crippen LogP contribution in [0.25, 0.3) is 0 Å². The van der Waals surface area contributed by atoms with Crippen molar-refractivity contribution in [1.82, 2.24) is 14.7 Å². The van der Waals surface area contributed by atoms with Gasteiger partial charge in [-0.15, -0.1) is 0 Å². The summed E-state index contributed by atoms with van der Waals surface area (Å²) in [5, 5.41) is 4.89. The van der Waals surface area contributed by atoms with Crippen LogP contribution < -0.4 is 0 Å². The number of hydrogen-bond acceptors (Lipinski definition) is 3. The maximum absolute atomic E-state index is 5.74. The zero-order chi connectivity index (χ0) is 14.2. The molecule has 0 radical (unpaired) electrons. The van der Waals surface area contributed by atoms with Crippen molar-refractivity contribution in [3.05, 3.63) is 17.5 Å². The van der Waals surface area contributed by atoms with Gasteiger partial charge in [0.2, 0.25) is 0 Å². The predicted octanol–water partition coefficient (Wildman–Crippen LogP) is 2.64. The van der Waals surface area contributed by atoms with Gasteiger partial charge in [-0.25, -0.2) is 0 Å². The van der Waals surface area contributed by atoms with E-state index in [0.717, 1.165) is 44.7 Å². The zero-order valence-corrected chi connectivity index (χ0v) is 13.1. The molecule has 2 saturated carbocycles. The van der Waals surface area contributed by atoms with Gasteiger partial charge >= 0.3 is 0 Å². The summed E-state index contributed by atoms with van der Waals surface area (Å²) >= 11 is 0. The van der Waals surface area contributed by atoms with Crippen LogP contribution in [0.4, 0.5) is 0 Å². The van der Waals surface area contributed by atoms with Crippen molar-refractivity contribution in [3.8, 4) is 0 Å². The lowest BCUT2D eigenvalue weighted by molar-refractivity contribution is 0.105. The van der Waals surface area contributed by atoms with Gasteiger partial charge in [-0.05, 0) is 44.4 Å². The number of aromatic nitrogens is 2. The molecule has 21 heavy (non-hydrogen) atoms. The van der Waals surface area contributed by atoms with E-state index in [4.69, 9.17) is 9.84 Å². The van der Waals surface area contributed by atoms with Gasteiger partial charge in [-0.2, -0.15) is 5.10 Å². The van der Waals surface area contributed by atoms with Gasteiger partial charge in [-0.1, -0.05) is 0 Å². The fourth-order valence-electron chi connectivity index (χ4n) is 3.49. The Morgan fingerprint density at radius 1 is 1.19 bits per heavy atom. The minimum atomic E-state index is 0.514. The zero-order valence-electron chi connectivity index (χ0n) is 13.1. The van der Waals surface area contributed by atoms with Crippen molar-refractivity contribution in [2.24, 2.45) is 11.8 Å². The molecule has 0 spiro atoms. The van der Waals surface area contributed by atoms with Gasteiger partial charge in [0.15, 0.2) is 0 Å². The van der Waals surface area contributed by atoms with E-state index in [0.29, 0.717) is 5.92 Å². The third-order valence-electron chi connectivity index (χ3n) is 5.04. The van der Waals surface area contributed by atoms with Crippen LogP contribution in [-0.4, -0.2) is 41.0 Å². The summed E-state index contributed by atoms with van der Waals surface area (Å²) in [5.41, 5.74) is 2.77. The highest BCUT2D eigenvalue weighted by atomic mass is 16.5. The molecule has 1 atom stereocenters. The van der Waals surface area contributed by atoms with Gasteiger partial charge in [0.1, 0.15) is 0 Å². The summed E-state index contributed by atoms with van der Waals surface area (Å²) < 4.78 is 7.95. The maximum atomic E-state index is 5.74. The van der Waals surface area contributed by atoms with E-state index in [1.165, 1.54) is 43.5 Å². The molecule has 0 amide bonds. The molecule has 0 N–H and O–H groups in total. The number of fused-ring (bicyclic) bond motifs is 1. The number of rotatable bonds is 7. The summed E-state index contributed by atoms with van der Waals surface area (Å²) in [6.07, 6.45) is 7.94. The van der Waals surface area contributed by atoms with Crippen LogP contribution in [0.1, 0.15) is 49.8 Å². The Morgan fingerprint density at radius 2 is 1.95 bits per heavy atom. The van der Waals surface area contributed by atoms with Crippen LogP contribution in [-0.2, 0) is 17.8 Å². The lowest BCUT2D eigenvalue weighted by Crippen LogP contribution is -2.36. The molecule has 2 heterocycles. The molecule has 1 aromatic rings. The molecule has 1 aliphatic heterocycles. The average molecular weight is 289 g/mol. The molecule has 2 aliphatic carbocycles. The molecule has 4 heteroatoms. The summed E-state index contributed by atoms with van der Waals surface area (Å²) in [5.74, 6) is 2.35. The predicted molar refractivity (Wildman–Crippen MR) is 82.2 cm³/mol. The van der Waals surface area contributed by atoms with Gasteiger partial charge in [0.05, 0.1) is 12.3 Å². The van der Waals surface area contributed by atoms with Crippen LogP contribution >= 0.6 is 0 Å². The summed E-state index contributed by atoms with van der Waals surface area (Å²) in [4.78, 5) is 2.61. The second-order valence-corrected chi connectivity index (χ2v) is 7.19.